The number of nitrogens with zero attached hydrogens (tertiary/aromatic N) is 2. The summed E-state index contributed by atoms with van der Waals surface area (Å²) in [5.74, 6) is -0.876. The second-order valence-corrected chi connectivity index (χ2v) is 8.15. The predicted molar refractivity (Wildman–Crippen MR) is 128 cm³/mol. The number of aromatic nitrogens is 2. The highest BCUT2D eigenvalue weighted by Crippen LogP contribution is 2.24. The molecule has 0 aliphatic heterocycles. The molecule has 1 aromatic heterocycles. The summed E-state index contributed by atoms with van der Waals surface area (Å²) in [5, 5.41) is 14.2. The fraction of sp³-hybridized carbons (Fsp3) is 0.280. The SMILES string of the molecule is Cc1ncc(NC(=O)OCc2ccccc2)c(=O)n1CC(=O)NC(Cc1ccccc1)C(O)C(F)(F)F. The number of rotatable bonds is 9. The van der Waals surface area contributed by atoms with E-state index >= 15 is 0 Å². The van der Waals surface area contributed by atoms with Crippen LogP contribution in [0.1, 0.15) is 17.0 Å². The Kier molecular flexibility index (Phi) is 9.01. The van der Waals surface area contributed by atoms with Gasteiger partial charge >= 0.3 is 12.3 Å². The molecule has 0 aliphatic carbocycles. The summed E-state index contributed by atoms with van der Waals surface area (Å²) >= 11 is 0. The van der Waals surface area contributed by atoms with E-state index in [0.717, 1.165) is 16.3 Å². The Balaban J connectivity index is 1.70. The van der Waals surface area contributed by atoms with E-state index in [4.69, 9.17) is 4.74 Å². The van der Waals surface area contributed by atoms with E-state index in [9.17, 15) is 32.7 Å². The van der Waals surface area contributed by atoms with Crippen molar-refractivity contribution in [2.75, 3.05) is 5.32 Å². The number of anilines is 1. The van der Waals surface area contributed by atoms with Crippen LogP contribution >= 0.6 is 0 Å². The summed E-state index contributed by atoms with van der Waals surface area (Å²) in [5.41, 5.74) is 0.0918. The van der Waals surface area contributed by atoms with Gasteiger partial charge in [0.1, 0.15) is 24.7 Å². The Morgan fingerprint density at radius 1 is 1.05 bits per heavy atom. The highest BCUT2D eigenvalue weighted by Gasteiger charge is 2.44. The van der Waals surface area contributed by atoms with E-state index in [2.05, 4.69) is 15.6 Å². The lowest BCUT2D eigenvalue weighted by Gasteiger charge is -2.26. The van der Waals surface area contributed by atoms with Crippen LogP contribution in [0.25, 0.3) is 0 Å². The molecule has 9 nitrogen and oxygen atoms in total. The van der Waals surface area contributed by atoms with Gasteiger partial charge in [0, 0.05) is 0 Å². The van der Waals surface area contributed by atoms with Crippen molar-refractivity contribution < 1.29 is 32.6 Å². The number of alkyl halides is 3. The molecular formula is C25H25F3N4O5. The number of carbonyl (C=O) groups is 2. The van der Waals surface area contributed by atoms with Crippen molar-refractivity contribution in [2.45, 2.75) is 44.8 Å². The highest BCUT2D eigenvalue weighted by molar-refractivity contribution is 5.84. The van der Waals surface area contributed by atoms with Crippen LogP contribution in [0, 0.1) is 6.92 Å². The maximum absolute atomic E-state index is 13.2. The largest absolute Gasteiger partial charge is 0.444 e. The van der Waals surface area contributed by atoms with Crippen LogP contribution < -0.4 is 16.2 Å². The lowest BCUT2D eigenvalue weighted by atomic mass is 10.0. The second kappa shape index (κ2) is 12.2. The predicted octanol–water partition coefficient (Wildman–Crippen LogP) is 2.95. The molecule has 0 bridgehead atoms. The van der Waals surface area contributed by atoms with Gasteiger partial charge in [-0.05, 0) is 24.5 Å². The van der Waals surface area contributed by atoms with Crippen molar-refractivity contribution in [3.8, 4) is 0 Å². The summed E-state index contributed by atoms with van der Waals surface area (Å²) in [6, 6.07) is 15.2. The fourth-order valence-corrected chi connectivity index (χ4v) is 3.45. The molecule has 12 heteroatoms. The maximum atomic E-state index is 13.2. The zero-order chi connectivity index (χ0) is 27.0. The Bertz CT molecular complexity index is 1270. The van der Waals surface area contributed by atoms with Crippen molar-refractivity contribution in [3.63, 3.8) is 0 Å². The molecule has 0 spiro atoms. The van der Waals surface area contributed by atoms with Crippen LogP contribution in [0.2, 0.25) is 0 Å². The lowest BCUT2D eigenvalue weighted by molar-refractivity contribution is -0.212. The molecule has 3 aromatic rings. The van der Waals surface area contributed by atoms with Crippen LogP contribution in [0.5, 0.6) is 0 Å². The average Bonchev–Trinajstić information content (AvgIpc) is 2.87. The Morgan fingerprint density at radius 3 is 2.24 bits per heavy atom. The Labute approximate surface area is 209 Å². The minimum atomic E-state index is -4.98. The molecule has 0 radical (unpaired) electrons. The number of nitrogens with one attached hydrogen (secondary N) is 2. The number of halogens is 3. The summed E-state index contributed by atoms with van der Waals surface area (Å²) in [6.07, 6.45) is -7.96. The number of hydrogen-bond acceptors (Lipinski definition) is 6. The van der Waals surface area contributed by atoms with E-state index in [1.54, 1.807) is 60.7 Å². The Morgan fingerprint density at radius 2 is 1.65 bits per heavy atom. The van der Waals surface area contributed by atoms with Crippen LogP contribution in [0.15, 0.2) is 71.7 Å². The second-order valence-electron chi connectivity index (χ2n) is 8.15. The van der Waals surface area contributed by atoms with E-state index in [-0.39, 0.29) is 24.5 Å². The summed E-state index contributed by atoms with van der Waals surface area (Å²) in [7, 11) is 0. The zero-order valence-electron chi connectivity index (χ0n) is 19.7. The van der Waals surface area contributed by atoms with Gasteiger partial charge in [-0.15, -0.1) is 0 Å². The number of benzene rings is 2. The molecule has 37 heavy (non-hydrogen) atoms. The van der Waals surface area contributed by atoms with Crippen molar-refractivity contribution in [2.24, 2.45) is 0 Å². The molecule has 2 amide bonds. The standard InChI is InChI=1S/C25H25F3N4O5/c1-16-29-13-20(31-24(36)37-15-18-10-6-3-7-11-18)23(35)32(16)14-21(33)30-19(22(34)25(26,27)28)12-17-8-4-2-5-9-17/h2-11,13,19,22,34H,12,14-15H2,1H3,(H,30,33)(H,31,36). The van der Waals surface area contributed by atoms with Gasteiger partial charge in [-0.3, -0.25) is 19.5 Å². The van der Waals surface area contributed by atoms with Gasteiger partial charge in [0.25, 0.3) is 5.56 Å². The molecule has 0 fully saturated rings. The summed E-state index contributed by atoms with van der Waals surface area (Å²) < 4.78 is 45.7. The third-order valence-electron chi connectivity index (χ3n) is 5.36. The quantitative estimate of drug-likeness (QED) is 0.400. The molecule has 0 saturated carbocycles. The van der Waals surface area contributed by atoms with Crippen molar-refractivity contribution in [1.29, 1.82) is 0 Å². The number of aliphatic hydroxyl groups excluding tert-OH is 1. The number of aryl methyl sites for hydroxylation is 1. The summed E-state index contributed by atoms with van der Waals surface area (Å²) in [6.45, 7) is 0.674. The normalized spacial score (nSPS) is 12.9. The zero-order valence-corrected chi connectivity index (χ0v) is 19.7. The van der Waals surface area contributed by atoms with Crippen LogP contribution in [0.3, 0.4) is 0 Å². The van der Waals surface area contributed by atoms with Gasteiger partial charge < -0.3 is 15.2 Å². The molecule has 3 N–H and O–H groups in total. The molecule has 3 rings (SSSR count). The van der Waals surface area contributed by atoms with Gasteiger partial charge in [0.15, 0.2) is 6.10 Å². The fourth-order valence-electron chi connectivity index (χ4n) is 3.45. The topological polar surface area (TPSA) is 123 Å². The van der Waals surface area contributed by atoms with Crippen molar-refractivity contribution >= 4 is 17.7 Å². The summed E-state index contributed by atoms with van der Waals surface area (Å²) in [4.78, 5) is 41.6. The monoisotopic (exact) mass is 518 g/mol. The first kappa shape index (κ1) is 27.4. The highest BCUT2D eigenvalue weighted by atomic mass is 19.4. The third-order valence-corrected chi connectivity index (χ3v) is 5.36. The first-order chi connectivity index (χ1) is 17.5. The van der Waals surface area contributed by atoms with E-state index < -0.39 is 42.4 Å². The van der Waals surface area contributed by atoms with Crippen LogP contribution in [-0.4, -0.2) is 45.0 Å². The number of carbonyl (C=O) groups excluding carboxylic acids is 2. The molecular weight excluding hydrogens is 493 g/mol. The van der Waals surface area contributed by atoms with Crippen molar-refractivity contribution in [3.05, 3.63) is 94.2 Å². The molecule has 2 unspecified atom stereocenters. The number of ether oxygens (including phenoxy) is 1. The Hall–Kier alpha value is -4.19. The van der Waals surface area contributed by atoms with E-state index in [1.165, 1.54) is 6.92 Å². The maximum Gasteiger partial charge on any atom is 0.416 e. The minimum Gasteiger partial charge on any atom is -0.444 e. The van der Waals surface area contributed by atoms with Crippen LogP contribution in [0.4, 0.5) is 23.7 Å². The van der Waals surface area contributed by atoms with E-state index in [0.29, 0.717) is 5.56 Å². The van der Waals surface area contributed by atoms with Gasteiger partial charge in [-0.1, -0.05) is 60.7 Å². The molecule has 2 atom stereocenters. The number of hydrogen-bond donors (Lipinski definition) is 3. The smallest absolute Gasteiger partial charge is 0.416 e. The van der Waals surface area contributed by atoms with Crippen LogP contribution in [-0.2, 0) is 29.1 Å². The van der Waals surface area contributed by atoms with Crippen molar-refractivity contribution in [1.82, 2.24) is 14.9 Å². The van der Waals surface area contributed by atoms with Gasteiger partial charge in [0.05, 0.1) is 12.2 Å². The number of aliphatic hydroxyl groups is 1. The first-order valence-corrected chi connectivity index (χ1v) is 11.2. The average molecular weight is 518 g/mol. The van der Waals surface area contributed by atoms with Gasteiger partial charge in [0.2, 0.25) is 5.91 Å². The lowest BCUT2D eigenvalue weighted by Crippen LogP contribution is -2.52. The molecule has 0 saturated heterocycles. The molecule has 1 heterocycles. The van der Waals surface area contributed by atoms with Gasteiger partial charge in [-0.2, -0.15) is 13.2 Å². The van der Waals surface area contributed by atoms with Gasteiger partial charge in [-0.25, -0.2) is 9.78 Å². The molecule has 196 valence electrons. The minimum absolute atomic E-state index is 0.0487. The molecule has 0 aliphatic rings. The number of amides is 2. The first-order valence-electron chi connectivity index (χ1n) is 11.2. The molecule has 2 aromatic carbocycles. The van der Waals surface area contributed by atoms with E-state index in [1.807, 2.05) is 0 Å². The third kappa shape index (κ3) is 7.90.